The van der Waals surface area contributed by atoms with E-state index in [1.807, 2.05) is 25.1 Å². The van der Waals surface area contributed by atoms with Gasteiger partial charge in [-0.2, -0.15) is 0 Å². The molecule has 1 amide bonds. The topological polar surface area (TPSA) is 94.8 Å². The van der Waals surface area contributed by atoms with E-state index >= 15 is 0 Å². The molecule has 2 aromatic carbocycles. The third-order valence-electron chi connectivity index (χ3n) is 6.87. The van der Waals surface area contributed by atoms with Crippen molar-refractivity contribution in [3.8, 4) is 5.75 Å². The first-order valence-electron chi connectivity index (χ1n) is 14.1. The van der Waals surface area contributed by atoms with Gasteiger partial charge < -0.3 is 30.6 Å². The Balaban J connectivity index is 1.66. The van der Waals surface area contributed by atoms with Crippen LogP contribution in [-0.4, -0.2) is 51.5 Å². The van der Waals surface area contributed by atoms with Gasteiger partial charge in [-0.25, -0.2) is 4.39 Å². The molecule has 0 fully saturated rings. The van der Waals surface area contributed by atoms with E-state index in [1.165, 1.54) is 12.1 Å². The van der Waals surface area contributed by atoms with Gasteiger partial charge in [-0.15, -0.1) is 0 Å². The van der Waals surface area contributed by atoms with Crippen LogP contribution in [0.3, 0.4) is 0 Å². The maximum absolute atomic E-state index is 13.1. The molecule has 8 heteroatoms. The fraction of sp³-hybridized carbons (Fsp3) is 0.581. The lowest BCUT2D eigenvalue weighted by molar-refractivity contribution is -0.122. The van der Waals surface area contributed by atoms with Gasteiger partial charge in [0.2, 0.25) is 5.91 Å². The van der Waals surface area contributed by atoms with Gasteiger partial charge >= 0.3 is 0 Å². The van der Waals surface area contributed by atoms with Gasteiger partial charge in [-0.1, -0.05) is 44.5 Å². The Morgan fingerprint density at radius 1 is 1.08 bits per heavy atom. The van der Waals surface area contributed by atoms with Crippen molar-refractivity contribution >= 4 is 5.91 Å². The summed E-state index contributed by atoms with van der Waals surface area (Å²) in [5.74, 6) is 0.997. The number of halogens is 1. The standard InChI is InChI=1S/C31H48FN3O4/c1-5-23(2)29(20-34-19-25-12-14-27(32)15-13-25)35-31(36)9-6-8-28(33)22-38-21-26-11-10-24(3)30(18-26)39-17-7-16-37-4/h10-15,18,23,28-29,34H,5-9,16-17,19-22,33H2,1-4H3,(H,35,36). The lowest BCUT2D eigenvalue weighted by Gasteiger charge is -2.25. The van der Waals surface area contributed by atoms with E-state index in [2.05, 4.69) is 24.5 Å². The van der Waals surface area contributed by atoms with Gasteiger partial charge in [0.15, 0.2) is 0 Å². The van der Waals surface area contributed by atoms with Gasteiger partial charge in [0, 0.05) is 51.7 Å². The van der Waals surface area contributed by atoms with E-state index in [4.69, 9.17) is 19.9 Å². The van der Waals surface area contributed by atoms with E-state index in [1.54, 1.807) is 19.2 Å². The number of ether oxygens (including phenoxy) is 3. The second-order valence-electron chi connectivity index (χ2n) is 10.3. The SMILES string of the molecule is CCC(C)C(CNCc1ccc(F)cc1)NC(=O)CCCC(N)COCc1ccc(C)c(OCCCOC)c1. The van der Waals surface area contributed by atoms with E-state index in [-0.39, 0.29) is 23.8 Å². The van der Waals surface area contributed by atoms with Gasteiger partial charge in [-0.3, -0.25) is 4.79 Å². The number of aryl methyl sites for hydroxylation is 1. The third kappa shape index (κ3) is 13.4. The predicted molar refractivity (Wildman–Crippen MR) is 154 cm³/mol. The van der Waals surface area contributed by atoms with Crippen molar-refractivity contribution in [3.05, 3.63) is 65.0 Å². The van der Waals surface area contributed by atoms with E-state index in [0.29, 0.717) is 64.7 Å². The summed E-state index contributed by atoms with van der Waals surface area (Å²) in [6, 6.07) is 12.4. The largest absolute Gasteiger partial charge is 0.493 e. The predicted octanol–water partition coefficient (Wildman–Crippen LogP) is 4.88. The van der Waals surface area contributed by atoms with Gasteiger partial charge in [0.1, 0.15) is 11.6 Å². The molecule has 2 rings (SSSR count). The van der Waals surface area contributed by atoms with Crippen LogP contribution in [0.2, 0.25) is 0 Å². The molecule has 0 spiro atoms. The molecule has 39 heavy (non-hydrogen) atoms. The molecule has 0 aromatic heterocycles. The fourth-order valence-corrected chi connectivity index (χ4v) is 4.14. The molecule has 0 aliphatic rings. The Morgan fingerprint density at radius 3 is 2.54 bits per heavy atom. The summed E-state index contributed by atoms with van der Waals surface area (Å²) >= 11 is 0. The Bertz CT molecular complexity index is 957. The number of benzene rings is 2. The summed E-state index contributed by atoms with van der Waals surface area (Å²) in [6.45, 7) is 9.76. The van der Waals surface area contributed by atoms with Crippen LogP contribution in [0.15, 0.2) is 42.5 Å². The molecular weight excluding hydrogens is 497 g/mol. The number of amides is 1. The monoisotopic (exact) mass is 545 g/mol. The normalized spacial score (nSPS) is 13.6. The first-order chi connectivity index (χ1) is 18.8. The Kier molecular flexibility index (Phi) is 15.7. The van der Waals surface area contributed by atoms with Crippen molar-refractivity contribution in [2.75, 3.05) is 33.5 Å². The smallest absolute Gasteiger partial charge is 0.220 e. The van der Waals surface area contributed by atoms with Crippen LogP contribution in [0, 0.1) is 18.7 Å². The second-order valence-corrected chi connectivity index (χ2v) is 10.3. The molecule has 4 N–H and O–H groups in total. The van der Waals surface area contributed by atoms with Gasteiger partial charge in [-0.05, 0) is 60.6 Å². The number of carbonyl (C=O) groups excluding carboxylic acids is 1. The number of nitrogens with one attached hydrogen (secondary N) is 2. The number of nitrogens with two attached hydrogens (primary N) is 1. The van der Waals surface area contributed by atoms with Crippen LogP contribution in [-0.2, 0) is 27.4 Å². The summed E-state index contributed by atoms with van der Waals surface area (Å²) in [4.78, 5) is 12.6. The van der Waals surface area contributed by atoms with E-state index in [9.17, 15) is 9.18 Å². The number of hydrogen-bond acceptors (Lipinski definition) is 6. The lowest BCUT2D eigenvalue weighted by atomic mass is 9.98. The van der Waals surface area contributed by atoms with Gasteiger partial charge in [0.25, 0.3) is 0 Å². The van der Waals surface area contributed by atoms with Crippen molar-refractivity contribution in [3.63, 3.8) is 0 Å². The molecule has 0 aliphatic carbocycles. The second kappa shape index (κ2) is 18.7. The summed E-state index contributed by atoms with van der Waals surface area (Å²) in [5, 5.41) is 6.57. The van der Waals surface area contributed by atoms with E-state index in [0.717, 1.165) is 35.3 Å². The van der Waals surface area contributed by atoms with Crippen molar-refractivity contribution in [2.24, 2.45) is 11.7 Å². The Hall–Kier alpha value is -2.52. The maximum atomic E-state index is 13.1. The molecule has 0 saturated heterocycles. The molecule has 0 bridgehead atoms. The summed E-state index contributed by atoms with van der Waals surface area (Å²) in [6.07, 6.45) is 3.66. The number of rotatable bonds is 20. The van der Waals surface area contributed by atoms with Crippen LogP contribution >= 0.6 is 0 Å². The first kappa shape index (κ1) is 32.7. The molecule has 0 saturated carbocycles. The lowest BCUT2D eigenvalue weighted by Crippen LogP contribution is -2.45. The molecular formula is C31H48FN3O4. The summed E-state index contributed by atoms with van der Waals surface area (Å²) in [5.41, 5.74) is 9.39. The number of methoxy groups -OCH3 is 1. The molecule has 0 heterocycles. The van der Waals surface area contributed by atoms with Crippen LogP contribution < -0.4 is 21.1 Å². The highest BCUT2D eigenvalue weighted by Gasteiger charge is 2.18. The molecule has 2 aromatic rings. The summed E-state index contributed by atoms with van der Waals surface area (Å²) in [7, 11) is 1.69. The highest BCUT2D eigenvalue weighted by molar-refractivity contribution is 5.76. The van der Waals surface area contributed by atoms with Crippen molar-refractivity contribution in [1.82, 2.24) is 10.6 Å². The van der Waals surface area contributed by atoms with Crippen LogP contribution in [0.4, 0.5) is 4.39 Å². The number of carbonyl (C=O) groups is 1. The van der Waals surface area contributed by atoms with Crippen molar-refractivity contribution in [2.45, 2.75) is 78.1 Å². The zero-order chi connectivity index (χ0) is 28.5. The maximum Gasteiger partial charge on any atom is 0.220 e. The van der Waals surface area contributed by atoms with E-state index < -0.39 is 0 Å². The average Bonchev–Trinajstić information content (AvgIpc) is 2.92. The molecule has 3 atom stereocenters. The zero-order valence-electron chi connectivity index (χ0n) is 24.1. The van der Waals surface area contributed by atoms with Gasteiger partial charge in [0.05, 0.1) is 19.8 Å². The van der Waals surface area contributed by atoms with Crippen LogP contribution in [0.5, 0.6) is 5.75 Å². The minimum atomic E-state index is -0.241. The first-order valence-corrected chi connectivity index (χ1v) is 14.1. The zero-order valence-corrected chi connectivity index (χ0v) is 24.1. The molecule has 7 nitrogen and oxygen atoms in total. The minimum absolute atomic E-state index is 0.0308. The minimum Gasteiger partial charge on any atom is -0.493 e. The Morgan fingerprint density at radius 2 is 1.82 bits per heavy atom. The highest BCUT2D eigenvalue weighted by atomic mass is 19.1. The van der Waals surface area contributed by atoms with Crippen LogP contribution in [0.1, 0.15) is 62.6 Å². The molecule has 0 radical (unpaired) electrons. The molecule has 218 valence electrons. The average molecular weight is 546 g/mol. The van der Waals surface area contributed by atoms with Crippen molar-refractivity contribution < 1.29 is 23.4 Å². The molecule has 3 unspecified atom stereocenters. The highest BCUT2D eigenvalue weighted by Crippen LogP contribution is 2.20. The van der Waals surface area contributed by atoms with Crippen LogP contribution in [0.25, 0.3) is 0 Å². The molecule has 0 aliphatic heterocycles. The third-order valence-corrected chi connectivity index (χ3v) is 6.87. The Labute approximate surface area is 234 Å². The summed E-state index contributed by atoms with van der Waals surface area (Å²) < 4.78 is 29.9. The fourth-order valence-electron chi connectivity index (χ4n) is 4.14. The van der Waals surface area contributed by atoms with Crippen molar-refractivity contribution in [1.29, 1.82) is 0 Å². The quantitative estimate of drug-likeness (QED) is 0.205. The number of hydrogen-bond donors (Lipinski definition) is 3.